The van der Waals surface area contributed by atoms with Crippen molar-refractivity contribution >= 4 is 5.57 Å². The highest BCUT2D eigenvalue weighted by Gasteiger charge is 2.22. The zero-order valence-corrected chi connectivity index (χ0v) is 9.38. The van der Waals surface area contributed by atoms with E-state index < -0.39 is 0 Å². The van der Waals surface area contributed by atoms with E-state index in [1.165, 1.54) is 23.3 Å². The van der Waals surface area contributed by atoms with Gasteiger partial charge in [-0.25, -0.2) is 0 Å². The van der Waals surface area contributed by atoms with Crippen molar-refractivity contribution in [2.45, 2.75) is 12.8 Å². The maximum absolute atomic E-state index is 5.72. The summed E-state index contributed by atoms with van der Waals surface area (Å²) in [6, 6.07) is 6.00. The first-order chi connectivity index (χ1) is 7.88. The molecule has 1 N–H and O–H groups in total. The van der Waals surface area contributed by atoms with Crippen LogP contribution in [0.4, 0.5) is 0 Å². The number of ether oxygens (including phenoxy) is 2. The largest absolute Gasteiger partial charge is 0.497 e. The van der Waals surface area contributed by atoms with Gasteiger partial charge in [0, 0.05) is 12.1 Å². The van der Waals surface area contributed by atoms with Gasteiger partial charge < -0.3 is 14.8 Å². The van der Waals surface area contributed by atoms with E-state index in [-0.39, 0.29) is 0 Å². The molecule has 0 bridgehead atoms. The summed E-state index contributed by atoms with van der Waals surface area (Å²) in [5.41, 5.74) is 3.83. The second-order valence-electron chi connectivity index (χ2n) is 4.14. The van der Waals surface area contributed by atoms with Crippen LogP contribution in [-0.2, 0) is 0 Å². The SMILES string of the molecule is COc1ccc2c(c1)C1=C(CO2)NCCC1. The second-order valence-corrected chi connectivity index (χ2v) is 4.14. The molecule has 0 atom stereocenters. The highest BCUT2D eigenvalue weighted by molar-refractivity contribution is 5.76. The van der Waals surface area contributed by atoms with E-state index >= 15 is 0 Å². The van der Waals surface area contributed by atoms with Gasteiger partial charge in [-0.2, -0.15) is 0 Å². The van der Waals surface area contributed by atoms with E-state index in [4.69, 9.17) is 9.47 Å². The average molecular weight is 217 g/mol. The molecular formula is C13H15NO2. The monoisotopic (exact) mass is 217 g/mol. The molecular weight excluding hydrogens is 202 g/mol. The van der Waals surface area contributed by atoms with Crippen LogP contribution in [0.1, 0.15) is 18.4 Å². The summed E-state index contributed by atoms with van der Waals surface area (Å²) in [5, 5.41) is 3.41. The first-order valence-corrected chi connectivity index (χ1v) is 5.65. The molecule has 3 heteroatoms. The Morgan fingerprint density at radius 2 is 2.31 bits per heavy atom. The molecule has 1 aromatic carbocycles. The van der Waals surface area contributed by atoms with Crippen LogP contribution in [0.25, 0.3) is 5.57 Å². The highest BCUT2D eigenvalue weighted by atomic mass is 16.5. The number of benzene rings is 1. The van der Waals surface area contributed by atoms with Gasteiger partial charge in [0.1, 0.15) is 18.1 Å². The molecule has 1 aromatic rings. The average Bonchev–Trinajstić information content (AvgIpc) is 2.38. The Balaban J connectivity index is 2.10. The van der Waals surface area contributed by atoms with E-state index in [1.807, 2.05) is 12.1 Å². The topological polar surface area (TPSA) is 30.5 Å². The van der Waals surface area contributed by atoms with Gasteiger partial charge in [0.25, 0.3) is 0 Å². The molecule has 0 unspecified atom stereocenters. The molecule has 2 heterocycles. The molecule has 0 aliphatic carbocycles. The molecule has 0 saturated carbocycles. The fourth-order valence-corrected chi connectivity index (χ4v) is 2.35. The van der Waals surface area contributed by atoms with Gasteiger partial charge in [-0.1, -0.05) is 0 Å². The van der Waals surface area contributed by atoms with Gasteiger partial charge in [-0.3, -0.25) is 0 Å². The van der Waals surface area contributed by atoms with Crippen molar-refractivity contribution in [2.75, 3.05) is 20.3 Å². The first-order valence-electron chi connectivity index (χ1n) is 5.65. The summed E-state index contributed by atoms with van der Waals surface area (Å²) >= 11 is 0. The van der Waals surface area contributed by atoms with Gasteiger partial charge in [0.15, 0.2) is 0 Å². The van der Waals surface area contributed by atoms with E-state index in [1.54, 1.807) is 7.11 Å². The Kier molecular flexibility index (Phi) is 2.24. The van der Waals surface area contributed by atoms with Gasteiger partial charge in [-0.05, 0) is 36.6 Å². The number of rotatable bonds is 1. The minimum Gasteiger partial charge on any atom is -0.497 e. The maximum atomic E-state index is 5.72. The molecule has 0 amide bonds. The van der Waals surface area contributed by atoms with Crippen molar-refractivity contribution in [1.29, 1.82) is 0 Å². The molecule has 0 spiro atoms. The third-order valence-corrected chi connectivity index (χ3v) is 3.19. The Morgan fingerprint density at radius 3 is 3.19 bits per heavy atom. The molecule has 0 radical (unpaired) electrons. The minimum atomic E-state index is 0.675. The number of hydrogen-bond donors (Lipinski definition) is 1. The first kappa shape index (κ1) is 9.58. The fraction of sp³-hybridized carbons (Fsp3) is 0.385. The van der Waals surface area contributed by atoms with Crippen LogP contribution >= 0.6 is 0 Å². The molecule has 0 saturated heterocycles. The number of hydrogen-bond acceptors (Lipinski definition) is 3. The third-order valence-electron chi connectivity index (χ3n) is 3.19. The Bertz CT molecular complexity index is 451. The summed E-state index contributed by atoms with van der Waals surface area (Å²) in [6.45, 7) is 1.73. The van der Waals surface area contributed by atoms with Crippen LogP contribution in [0.5, 0.6) is 11.5 Å². The number of methoxy groups -OCH3 is 1. The molecule has 3 nitrogen and oxygen atoms in total. The lowest BCUT2D eigenvalue weighted by atomic mass is 9.94. The highest BCUT2D eigenvalue weighted by Crippen LogP contribution is 2.38. The normalized spacial score (nSPS) is 18.1. The van der Waals surface area contributed by atoms with E-state index in [2.05, 4.69) is 11.4 Å². The standard InChI is InChI=1S/C13H15NO2/c1-15-9-4-5-13-11(7-9)10-3-2-6-14-12(10)8-16-13/h4-5,7,14H,2-3,6,8H2,1H3. The zero-order valence-electron chi connectivity index (χ0n) is 9.38. The Morgan fingerprint density at radius 1 is 1.38 bits per heavy atom. The van der Waals surface area contributed by atoms with Gasteiger partial charge in [0.2, 0.25) is 0 Å². The van der Waals surface area contributed by atoms with Gasteiger partial charge in [0.05, 0.1) is 12.8 Å². The van der Waals surface area contributed by atoms with E-state index in [9.17, 15) is 0 Å². The lowest BCUT2D eigenvalue weighted by Crippen LogP contribution is -2.28. The van der Waals surface area contributed by atoms with Gasteiger partial charge >= 0.3 is 0 Å². The summed E-state index contributed by atoms with van der Waals surface area (Å²) < 4.78 is 11.0. The smallest absolute Gasteiger partial charge is 0.128 e. The predicted octanol–water partition coefficient (Wildman–Crippen LogP) is 2.18. The summed E-state index contributed by atoms with van der Waals surface area (Å²) in [7, 11) is 1.69. The second kappa shape index (κ2) is 3.74. The summed E-state index contributed by atoms with van der Waals surface area (Å²) in [5.74, 6) is 1.87. The lowest BCUT2D eigenvalue weighted by molar-refractivity contribution is 0.330. The summed E-state index contributed by atoms with van der Waals surface area (Å²) in [4.78, 5) is 0. The van der Waals surface area contributed by atoms with Crippen LogP contribution in [-0.4, -0.2) is 20.3 Å². The molecule has 0 fully saturated rings. The Hall–Kier alpha value is -1.64. The lowest BCUT2D eigenvalue weighted by Gasteiger charge is -2.28. The Labute approximate surface area is 95.1 Å². The van der Waals surface area contributed by atoms with Crippen LogP contribution < -0.4 is 14.8 Å². The fourth-order valence-electron chi connectivity index (χ4n) is 2.35. The van der Waals surface area contributed by atoms with Crippen molar-refractivity contribution in [3.63, 3.8) is 0 Å². The number of fused-ring (bicyclic) bond motifs is 2. The van der Waals surface area contributed by atoms with Crippen LogP contribution in [0, 0.1) is 0 Å². The van der Waals surface area contributed by atoms with Crippen LogP contribution in [0.3, 0.4) is 0 Å². The van der Waals surface area contributed by atoms with Gasteiger partial charge in [-0.15, -0.1) is 0 Å². The third kappa shape index (κ3) is 1.43. The predicted molar refractivity (Wildman–Crippen MR) is 62.6 cm³/mol. The maximum Gasteiger partial charge on any atom is 0.128 e. The molecule has 2 aliphatic heterocycles. The molecule has 84 valence electrons. The van der Waals surface area contributed by atoms with Crippen molar-refractivity contribution < 1.29 is 9.47 Å². The van der Waals surface area contributed by atoms with E-state index in [0.29, 0.717) is 6.61 Å². The molecule has 0 aromatic heterocycles. The van der Waals surface area contributed by atoms with Crippen molar-refractivity contribution in [2.24, 2.45) is 0 Å². The van der Waals surface area contributed by atoms with Crippen molar-refractivity contribution in [3.8, 4) is 11.5 Å². The zero-order chi connectivity index (χ0) is 11.0. The van der Waals surface area contributed by atoms with Crippen LogP contribution in [0.15, 0.2) is 23.9 Å². The number of nitrogens with one attached hydrogen (secondary N) is 1. The van der Waals surface area contributed by atoms with E-state index in [0.717, 1.165) is 24.5 Å². The van der Waals surface area contributed by atoms with Crippen molar-refractivity contribution in [3.05, 3.63) is 29.5 Å². The van der Waals surface area contributed by atoms with Crippen molar-refractivity contribution in [1.82, 2.24) is 5.32 Å². The molecule has 16 heavy (non-hydrogen) atoms. The summed E-state index contributed by atoms with van der Waals surface area (Å²) in [6.07, 6.45) is 2.32. The number of allylic oxidation sites excluding steroid dienone is 1. The molecule has 2 aliphatic rings. The molecule has 3 rings (SSSR count). The quantitative estimate of drug-likeness (QED) is 0.782. The van der Waals surface area contributed by atoms with Crippen LogP contribution in [0.2, 0.25) is 0 Å². The minimum absolute atomic E-state index is 0.675.